The summed E-state index contributed by atoms with van der Waals surface area (Å²) in [7, 11) is 0. The molecular formula is C12H17KN4O3. The van der Waals surface area contributed by atoms with E-state index in [-0.39, 0.29) is 68.7 Å². The monoisotopic (exact) mass is 304 g/mol. The van der Waals surface area contributed by atoms with Crippen LogP contribution >= 0.6 is 0 Å². The summed E-state index contributed by atoms with van der Waals surface area (Å²) < 4.78 is 5.71. The van der Waals surface area contributed by atoms with Crippen LogP contribution in [0.25, 0.3) is 0 Å². The van der Waals surface area contributed by atoms with Crippen LogP contribution in [0.2, 0.25) is 0 Å². The number of ether oxygens (including phenoxy) is 1. The van der Waals surface area contributed by atoms with Crippen molar-refractivity contribution in [2.45, 2.75) is 25.9 Å². The van der Waals surface area contributed by atoms with Gasteiger partial charge in [0, 0.05) is 12.0 Å². The van der Waals surface area contributed by atoms with E-state index in [1.807, 2.05) is 17.6 Å². The summed E-state index contributed by atoms with van der Waals surface area (Å²) in [5.74, 6) is 10.6. The number of nitrogens with one attached hydrogen (secondary N) is 1. The summed E-state index contributed by atoms with van der Waals surface area (Å²) in [5, 5.41) is 3.48. The van der Waals surface area contributed by atoms with E-state index in [4.69, 9.17) is 16.4 Å². The second-order valence-corrected chi connectivity index (χ2v) is 4.13. The molecular weight excluding hydrogens is 287 g/mol. The average molecular weight is 304 g/mol. The van der Waals surface area contributed by atoms with Gasteiger partial charge in [0.15, 0.2) is 5.71 Å². The Labute approximate surface area is 159 Å². The first-order valence-electron chi connectivity index (χ1n) is 5.78. The van der Waals surface area contributed by atoms with Gasteiger partial charge >= 0.3 is 51.4 Å². The largest absolute Gasteiger partial charge is 1.00 e. The van der Waals surface area contributed by atoms with Gasteiger partial charge in [-0.2, -0.15) is 5.10 Å². The number of carbonyl (C=O) groups is 1. The molecule has 0 saturated heterocycles. The Balaban J connectivity index is 0.00000180. The van der Waals surface area contributed by atoms with Crippen LogP contribution in [-0.4, -0.2) is 23.2 Å². The standard InChI is InChI=1S/C12H16N4O2.K.H2O/c1-2-9-6-8-5-7(3-4-10(8)18-9)11(15-13)12(17)16-14;;/h3-5,9H,2,6,13-14H2,1H3,(H,16,17);;1H2/q;+1;/p-1. The topological polar surface area (TPSA) is 133 Å². The number of nitrogens with two attached hydrogens (primary N) is 2. The van der Waals surface area contributed by atoms with Gasteiger partial charge in [-0.1, -0.05) is 6.92 Å². The molecule has 1 unspecified atom stereocenters. The van der Waals surface area contributed by atoms with E-state index in [2.05, 4.69) is 12.0 Å². The van der Waals surface area contributed by atoms with Crippen molar-refractivity contribution in [3.05, 3.63) is 29.3 Å². The predicted octanol–water partition coefficient (Wildman–Crippen LogP) is -3.12. The van der Waals surface area contributed by atoms with E-state index in [1.54, 1.807) is 6.07 Å². The normalized spacial score (nSPS) is 16.3. The maximum Gasteiger partial charge on any atom is 1.00 e. The van der Waals surface area contributed by atoms with E-state index >= 15 is 0 Å². The zero-order valence-electron chi connectivity index (χ0n) is 11.6. The van der Waals surface area contributed by atoms with Gasteiger partial charge in [0.2, 0.25) is 0 Å². The van der Waals surface area contributed by atoms with Crippen molar-refractivity contribution in [2.75, 3.05) is 0 Å². The minimum atomic E-state index is -0.511. The molecule has 0 aromatic heterocycles. The molecule has 1 amide bonds. The molecule has 1 heterocycles. The van der Waals surface area contributed by atoms with Crippen molar-refractivity contribution in [1.82, 2.24) is 5.43 Å². The summed E-state index contributed by atoms with van der Waals surface area (Å²) in [6, 6.07) is 5.44. The van der Waals surface area contributed by atoms with Gasteiger partial charge in [-0.15, -0.1) is 0 Å². The molecule has 0 radical (unpaired) electrons. The molecule has 2 rings (SSSR count). The van der Waals surface area contributed by atoms with Crippen LogP contribution in [0.4, 0.5) is 0 Å². The zero-order valence-corrected chi connectivity index (χ0v) is 14.7. The second-order valence-electron chi connectivity index (χ2n) is 4.13. The van der Waals surface area contributed by atoms with E-state index in [1.165, 1.54) is 0 Å². The molecule has 8 heteroatoms. The Hall–Kier alpha value is -0.484. The second kappa shape index (κ2) is 8.73. The van der Waals surface area contributed by atoms with Gasteiger partial charge in [0.1, 0.15) is 11.9 Å². The quantitative estimate of drug-likeness (QED) is 0.179. The van der Waals surface area contributed by atoms with Gasteiger partial charge in [0.05, 0.1) is 0 Å². The number of nitrogens with zero attached hydrogens (tertiary/aromatic N) is 1. The fraction of sp³-hybridized carbons (Fsp3) is 0.333. The maximum absolute atomic E-state index is 11.5. The first-order valence-corrected chi connectivity index (χ1v) is 5.78. The fourth-order valence-corrected chi connectivity index (χ4v) is 2.03. The third-order valence-electron chi connectivity index (χ3n) is 3.01. The molecule has 20 heavy (non-hydrogen) atoms. The number of amides is 1. The molecule has 1 aliphatic rings. The third-order valence-corrected chi connectivity index (χ3v) is 3.01. The van der Waals surface area contributed by atoms with E-state index in [0.29, 0.717) is 5.56 Å². The first-order chi connectivity index (χ1) is 8.69. The molecule has 6 N–H and O–H groups in total. The van der Waals surface area contributed by atoms with Crippen LogP contribution in [0.3, 0.4) is 0 Å². The predicted molar refractivity (Wildman–Crippen MR) is 69.8 cm³/mol. The van der Waals surface area contributed by atoms with Gasteiger partial charge in [-0.3, -0.25) is 10.2 Å². The summed E-state index contributed by atoms with van der Waals surface area (Å²) >= 11 is 0. The number of hydrazine groups is 1. The number of hydrogen-bond donors (Lipinski definition) is 3. The molecule has 1 aromatic carbocycles. The summed E-state index contributed by atoms with van der Waals surface area (Å²) in [6.45, 7) is 2.08. The number of benzene rings is 1. The van der Waals surface area contributed by atoms with Gasteiger partial charge in [0.25, 0.3) is 5.91 Å². The molecule has 0 fully saturated rings. The minimum absolute atomic E-state index is 0. The van der Waals surface area contributed by atoms with E-state index in [0.717, 1.165) is 24.2 Å². The molecule has 0 saturated carbocycles. The molecule has 0 aliphatic carbocycles. The summed E-state index contributed by atoms with van der Waals surface area (Å²) in [4.78, 5) is 11.5. The molecule has 0 spiro atoms. The number of carbonyl (C=O) groups excluding carboxylic acids is 1. The van der Waals surface area contributed by atoms with Crippen molar-refractivity contribution in [3.63, 3.8) is 0 Å². The Morgan fingerprint density at radius 3 is 2.80 bits per heavy atom. The zero-order chi connectivity index (χ0) is 13.1. The average Bonchev–Trinajstić information content (AvgIpc) is 2.81. The van der Waals surface area contributed by atoms with Crippen molar-refractivity contribution in [3.8, 4) is 5.75 Å². The van der Waals surface area contributed by atoms with Crippen LogP contribution < -0.4 is 73.2 Å². The van der Waals surface area contributed by atoms with Crippen LogP contribution in [-0.2, 0) is 11.2 Å². The SMILES string of the molecule is CCC1Cc2cc(C(=NN)C(=O)NN)ccc2O1.[K+].[OH-]. The van der Waals surface area contributed by atoms with E-state index < -0.39 is 5.91 Å². The summed E-state index contributed by atoms with van der Waals surface area (Å²) in [6.07, 6.45) is 1.99. The van der Waals surface area contributed by atoms with Crippen molar-refractivity contribution < 1.29 is 66.4 Å². The molecule has 1 atom stereocenters. The number of hydrogen-bond acceptors (Lipinski definition) is 6. The Kier molecular flexibility index (Phi) is 8.51. The molecule has 104 valence electrons. The number of rotatable bonds is 3. The third kappa shape index (κ3) is 4.01. The van der Waals surface area contributed by atoms with Crippen LogP contribution in [0.5, 0.6) is 5.75 Å². The Bertz CT molecular complexity index is 507. The number of hydrazone groups is 1. The van der Waals surface area contributed by atoms with Gasteiger partial charge in [-0.25, -0.2) is 5.84 Å². The fourth-order valence-electron chi connectivity index (χ4n) is 2.03. The van der Waals surface area contributed by atoms with Gasteiger partial charge in [-0.05, 0) is 30.2 Å². The molecule has 0 bridgehead atoms. The smallest absolute Gasteiger partial charge is 0.870 e. The van der Waals surface area contributed by atoms with Crippen molar-refractivity contribution in [2.24, 2.45) is 16.8 Å². The van der Waals surface area contributed by atoms with E-state index in [9.17, 15) is 4.79 Å². The van der Waals surface area contributed by atoms with Crippen LogP contribution in [0.15, 0.2) is 23.3 Å². The Morgan fingerprint density at radius 1 is 1.55 bits per heavy atom. The Morgan fingerprint density at radius 2 is 2.25 bits per heavy atom. The molecule has 7 nitrogen and oxygen atoms in total. The van der Waals surface area contributed by atoms with Crippen LogP contribution in [0, 0.1) is 0 Å². The molecule has 1 aromatic rings. The number of fused-ring (bicyclic) bond motifs is 1. The maximum atomic E-state index is 11.5. The first kappa shape index (κ1) is 19.5. The van der Waals surface area contributed by atoms with Gasteiger partial charge < -0.3 is 16.1 Å². The summed E-state index contributed by atoms with van der Waals surface area (Å²) in [5.41, 5.74) is 3.83. The minimum Gasteiger partial charge on any atom is -0.870 e. The molecule has 1 aliphatic heterocycles. The van der Waals surface area contributed by atoms with Crippen molar-refractivity contribution >= 4 is 11.6 Å². The van der Waals surface area contributed by atoms with Crippen molar-refractivity contribution in [1.29, 1.82) is 0 Å². The van der Waals surface area contributed by atoms with Crippen LogP contribution in [0.1, 0.15) is 24.5 Å².